The predicted molar refractivity (Wildman–Crippen MR) is 122 cm³/mol. The summed E-state index contributed by atoms with van der Waals surface area (Å²) in [6, 6.07) is 26.0. The van der Waals surface area contributed by atoms with E-state index in [0.717, 1.165) is 16.8 Å². The van der Waals surface area contributed by atoms with Crippen LogP contribution >= 0.6 is 0 Å². The van der Waals surface area contributed by atoms with Crippen molar-refractivity contribution >= 4 is 44.1 Å². The van der Waals surface area contributed by atoms with Crippen molar-refractivity contribution in [2.45, 2.75) is 4.90 Å². The van der Waals surface area contributed by atoms with Crippen molar-refractivity contribution < 1.29 is 13.0 Å². The molecule has 0 unspecified atom stereocenters. The second-order valence-corrected chi connectivity index (χ2v) is 8.48. The molecule has 0 bridgehead atoms. The van der Waals surface area contributed by atoms with Gasteiger partial charge in [0.2, 0.25) is 0 Å². The molecule has 0 saturated heterocycles. The lowest BCUT2D eigenvalue weighted by Crippen LogP contribution is -1.99. The van der Waals surface area contributed by atoms with E-state index in [2.05, 4.69) is 10.2 Å². The summed E-state index contributed by atoms with van der Waals surface area (Å²) in [6.45, 7) is 0. The summed E-state index contributed by atoms with van der Waals surface area (Å²) in [5, 5.41) is 10.0. The van der Waals surface area contributed by atoms with E-state index >= 15 is 0 Å². The largest absolute Gasteiger partial charge is 0.295 e. The molecule has 4 aromatic carbocycles. The summed E-state index contributed by atoms with van der Waals surface area (Å²) in [5.41, 5.74) is 3.84. The molecular formula is C24H17N3O3S. The fraction of sp³-hybridized carbons (Fsp3) is 0. The third-order valence-electron chi connectivity index (χ3n) is 5.02. The maximum Gasteiger partial charge on any atom is 0.295 e. The van der Waals surface area contributed by atoms with Crippen LogP contribution < -0.4 is 0 Å². The van der Waals surface area contributed by atoms with Gasteiger partial charge < -0.3 is 0 Å². The maximum atomic E-state index is 11.9. The first-order valence-corrected chi connectivity index (χ1v) is 11.0. The number of aromatic nitrogens is 3. The van der Waals surface area contributed by atoms with Crippen LogP contribution in [0.2, 0.25) is 0 Å². The molecule has 5 aromatic rings. The van der Waals surface area contributed by atoms with E-state index in [1.807, 2.05) is 66.7 Å². The van der Waals surface area contributed by atoms with Crippen LogP contribution in [-0.2, 0) is 10.1 Å². The first-order valence-electron chi connectivity index (χ1n) is 9.59. The van der Waals surface area contributed by atoms with Crippen molar-refractivity contribution in [1.29, 1.82) is 0 Å². The van der Waals surface area contributed by atoms with E-state index in [0.29, 0.717) is 21.8 Å². The molecule has 1 N–H and O–H groups in total. The third kappa shape index (κ3) is 3.72. The van der Waals surface area contributed by atoms with Gasteiger partial charge in [-0.1, -0.05) is 78.9 Å². The second-order valence-electron chi connectivity index (χ2n) is 7.09. The van der Waals surface area contributed by atoms with Crippen molar-refractivity contribution in [3.05, 3.63) is 96.1 Å². The molecule has 0 amide bonds. The fourth-order valence-corrected chi connectivity index (χ4v) is 4.23. The zero-order valence-corrected chi connectivity index (χ0v) is 17.1. The van der Waals surface area contributed by atoms with E-state index in [-0.39, 0.29) is 4.90 Å². The molecule has 152 valence electrons. The highest BCUT2D eigenvalue weighted by molar-refractivity contribution is 7.86. The lowest BCUT2D eigenvalue weighted by Gasteiger charge is -2.03. The van der Waals surface area contributed by atoms with E-state index in [1.165, 1.54) is 10.9 Å². The molecule has 1 heterocycles. The van der Waals surface area contributed by atoms with Crippen LogP contribution in [0.5, 0.6) is 0 Å². The molecule has 0 aliphatic carbocycles. The van der Waals surface area contributed by atoms with Crippen LogP contribution in [0.1, 0.15) is 11.1 Å². The zero-order chi connectivity index (χ0) is 21.4. The summed E-state index contributed by atoms with van der Waals surface area (Å²) >= 11 is 0. The molecule has 31 heavy (non-hydrogen) atoms. The number of nitrogens with zero attached hydrogens (tertiary/aromatic N) is 3. The Bertz CT molecular complexity index is 1540. The Balaban J connectivity index is 1.55. The molecule has 6 nitrogen and oxygen atoms in total. The zero-order valence-electron chi connectivity index (χ0n) is 16.3. The Labute approximate surface area is 178 Å². The number of hydrogen-bond donors (Lipinski definition) is 1. The Morgan fingerprint density at radius 3 is 2.03 bits per heavy atom. The van der Waals surface area contributed by atoms with E-state index in [1.54, 1.807) is 24.3 Å². The highest BCUT2D eigenvalue weighted by Gasteiger charge is 2.19. The van der Waals surface area contributed by atoms with Crippen molar-refractivity contribution in [3.63, 3.8) is 0 Å². The molecular weight excluding hydrogens is 410 g/mol. The van der Waals surface area contributed by atoms with Crippen LogP contribution in [-0.4, -0.2) is 28.0 Å². The monoisotopic (exact) mass is 427 g/mol. The van der Waals surface area contributed by atoms with Gasteiger partial charge in [-0.2, -0.15) is 13.2 Å². The quantitative estimate of drug-likeness (QED) is 0.323. The highest BCUT2D eigenvalue weighted by Crippen LogP contribution is 2.29. The number of benzene rings is 4. The van der Waals surface area contributed by atoms with Crippen molar-refractivity contribution in [3.8, 4) is 5.69 Å². The van der Waals surface area contributed by atoms with Crippen molar-refractivity contribution in [2.75, 3.05) is 0 Å². The summed E-state index contributed by atoms with van der Waals surface area (Å²) in [7, 11) is -4.40. The summed E-state index contributed by atoms with van der Waals surface area (Å²) in [6.07, 6.45) is 4.07. The Hall–Kier alpha value is -3.81. The van der Waals surface area contributed by atoms with Crippen LogP contribution in [0, 0.1) is 0 Å². The Morgan fingerprint density at radius 1 is 0.742 bits per heavy atom. The molecule has 0 spiro atoms. The van der Waals surface area contributed by atoms with Gasteiger partial charge in [-0.25, -0.2) is 0 Å². The van der Waals surface area contributed by atoms with E-state index < -0.39 is 10.1 Å². The minimum Gasteiger partial charge on any atom is -0.282 e. The minimum atomic E-state index is -4.40. The Kier molecular flexibility index (Phi) is 4.62. The van der Waals surface area contributed by atoms with Crippen LogP contribution in [0.25, 0.3) is 39.6 Å². The highest BCUT2D eigenvalue weighted by atomic mass is 32.2. The second kappa shape index (κ2) is 7.46. The molecule has 5 rings (SSSR count). The average Bonchev–Trinajstić information content (AvgIpc) is 3.22. The van der Waals surface area contributed by atoms with Gasteiger partial charge in [-0.15, -0.1) is 10.2 Å². The van der Waals surface area contributed by atoms with Gasteiger partial charge >= 0.3 is 0 Å². The fourth-order valence-electron chi connectivity index (χ4n) is 3.52. The number of hydrogen-bond acceptors (Lipinski definition) is 4. The SMILES string of the molecule is O=S(=O)(O)c1cc2nn(-c3ccc(/C=C/c4ccccc4)cc3)nc2c2ccccc12. The lowest BCUT2D eigenvalue weighted by atomic mass is 10.1. The molecule has 0 aliphatic heterocycles. The summed E-state index contributed by atoms with van der Waals surface area (Å²) in [4.78, 5) is 1.29. The normalized spacial score (nSPS) is 12.2. The van der Waals surface area contributed by atoms with E-state index in [9.17, 15) is 13.0 Å². The number of fused-ring (bicyclic) bond motifs is 3. The molecule has 1 aromatic heterocycles. The summed E-state index contributed by atoms with van der Waals surface area (Å²) in [5.74, 6) is 0. The third-order valence-corrected chi connectivity index (χ3v) is 5.92. The topological polar surface area (TPSA) is 85.1 Å². The first-order chi connectivity index (χ1) is 15.0. The van der Waals surface area contributed by atoms with Crippen LogP contribution in [0.4, 0.5) is 0 Å². The minimum absolute atomic E-state index is 0.177. The maximum absolute atomic E-state index is 11.9. The Morgan fingerprint density at radius 2 is 1.35 bits per heavy atom. The van der Waals surface area contributed by atoms with Gasteiger partial charge in [0.05, 0.1) is 5.69 Å². The molecule has 0 fully saturated rings. The summed E-state index contributed by atoms with van der Waals surface area (Å²) < 4.78 is 33.4. The molecule has 0 saturated carbocycles. The van der Waals surface area contributed by atoms with Crippen LogP contribution in [0.3, 0.4) is 0 Å². The van der Waals surface area contributed by atoms with E-state index in [4.69, 9.17) is 0 Å². The van der Waals surface area contributed by atoms with Gasteiger partial charge in [0.15, 0.2) is 0 Å². The van der Waals surface area contributed by atoms with Crippen molar-refractivity contribution in [2.24, 2.45) is 0 Å². The van der Waals surface area contributed by atoms with Gasteiger partial charge in [-0.3, -0.25) is 4.55 Å². The van der Waals surface area contributed by atoms with Gasteiger partial charge in [0.25, 0.3) is 10.1 Å². The molecule has 7 heteroatoms. The smallest absolute Gasteiger partial charge is 0.282 e. The van der Waals surface area contributed by atoms with Crippen molar-refractivity contribution in [1.82, 2.24) is 15.0 Å². The lowest BCUT2D eigenvalue weighted by molar-refractivity contribution is 0.484. The molecule has 0 atom stereocenters. The van der Waals surface area contributed by atoms with Gasteiger partial charge in [-0.05, 0) is 29.3 Å². The molecule has 0 aliphatic rings. The van der Waals surface area contributed by atoms with Crippen LogP contribution in [0.15, 0.2) is 89.8 Å². The predicted octanol–water partition coefficient (Wildman–Crippen LogP) is 4.99. The average molecular weight is 427 g/mol. The first kappa shape index (κ1) is 19.2. The standard InChI is InChI=1S/C24H17N3O3S/c28-31(29,30)23-16-22-24(21-9-5-4-8-20(21)23)26-27(25-22)19-14-12-18(13-15-19)11-10-17-6-2-1-3-7-17/h1-16H,(H,28,29,30)/b11-10+. The van der Waals surface area contributed by atoms with Gasteiger partial charge in [0.1, 0.15) is 15.9 Å². The molecule has 0 radical (unpaired) electrons. The van der Waals surface area contributed by atoms with Gasteiger partial charge in [0, 0.05) is 10.8 Å². The number of rotatable bonds is 4.